The molecule has 6 rings (SSSR count). The molecule has 1 amide bonds. The quantitative estimate of drug-likeness (QED) is 0.319. The van der Waals surface area contributed by atoms with Gasteiger partial charge in [-0.1, -0.05) is 38.1 Å². The van der Waals surface area contributed by atoms with Crippen LogP contribution in [-0.4, -0.2) is 53.2 Å². The van der Waals surface area contributed by atoms with Gasteiger partial charge in [0.1, 0.15) is 11.3 Å². The number of piperidine rings is 1. The van der Waals surface area contributed by atoms with Gasteiger partial charge < -0.3 is 9.88 Å². The molecule has 1 fully saturated rings. The third kappa shape index (κ3) is 5.17. The van der Waals surface area contributed by atoms with Crippen LogP contribution in [0.4, 0.5) is 4.39 Å². The summed E-state index contributed by atoms with van der Waals surface area (Å²) in [5.41, 5.74) is 4.76. The zero-order valence-electron chi connectivity index (χ0n) is 23.3. The Labute approximate surface area is 236 Å². The fourth-order valence-electron chi connectivity index (χ4n) is 5.67. The highest BCUT2D eigenvalue weighted by Gasteiger charge is 2.24. The molecule has 4 heterocycles. The lowest BCUT2D eigenvalue weighted by Gasteiger charge is -2.30. The number of amides is 1. The topological polar surface area (TPSA) is 102 Å². The van der Waals surface area contributed by atoms with Crippen LogP contribution in [0.3, 0.4) is 0 Å². The Bertz CT molecular complexity index is 1780. The Kier molecular flexibility index (Phi) is 6.98. The van der Waals surface area contributed by atoms with Gasteiger partial charge in [-0.25, -0.2) is 23.8 Å². The molecule has 1 aliphatic heterocycles. The standard InChI is InChI=1S/C31H32FN7O2/c1-19(2)28-24(5-4-6-25(28)32)29-33-17-27-30(35-29)38(31(41)34-27)18-21-7-9-23(10-8-21)39-16-13-26(36-39)22-11-14-37(15-12-22)20(3)40/h4-10,13,16-17,19,22H,11-12,14-15,18H2,1-3H3,(H,34,41). The van der Waals surface area contributed by atoms with Gasteiger partial charge in [-0.3, -0.25) is 9.36 Å². The average Bonchev–Trinajstić information content (AvgIpc) is 3.58. The van der Waals surface area contributed by atoms with E-state index < -0.39 is 0 Å². The van der Waals surface area contributed by atoms with Crippen molar-refractivity contribution in [3.8, 4) is 17.1 Å². The number of imidazole rings is 1. The van der Waals surface area contributed by atoms with E-state index in [2.05, 4.69) is 9.97 Å². The summed E-state index contributed by atoms with van der Waals surface area (Å²) in [5, 5.41) is 4.81. The lowest BCUT2D eigenvalue weighted by Crippen LogP contribution is -2.36. The summed E-state index contributed by atoms with van der Waals surface area (Å²) in [5.74, 6) is 0.503. The highest BCUT2D eigenvalue weighted by molar-refractivity contribution is 5.74. The minimum Gasteiger partial charge on any atom is -0.343 e. The van der Waals surface area contributed by atoms with Crippen LogP contribution in [0.15, 0.2) is 65.7 Å². The fourth-order valence-corrected chi connectivity index (χ4v) is 5.67. The number of nitrogens with zero attached hydrogens (tertiary/aromatic N) is 6. The molecule has 5 aromatic rings. The van der Waals surface area contributed by atoms with Gasteiger partial charge in [0.2, 0.25) is 5.91 Å². The molecule has 1 N–H and O–H groups in total. The average molecular weight is 554 g/mol. The number of carbonyl (C=O) groups excluding carboxylic acids is 1. The maximum absolute atomic E-state index is 14.6. The van der Waals surface area contributed by atoms with E-state index in [1.807, 2.05) is 66.0 Å². The lowest BCUT2D eigenvalue weighted by molar-refractivity contribution is -0.129. The number of halogens is 1. The SMILES string of the molecule is CC(=O)N1CCC(c2ccn(-c3ccc(Cn4c(=O)[nH]c5cnc(-c6cccc(F)c6C(C)C)nc54)cc3)n2)CC1. The van der Waals surface area contributed by atoms with E-state index in [0.29, 0.717) is 40.6 Å². The number of benzene rings is 2. The number of hydrogen-bond donors (Lipinski definition) is 1. The van der Waals surface area contributed by atoms with Crippen LogP contribution in [0, 0.1) is 5.82 Å². The second kappa shape index (κ2) is 10.8. The molecule has 0 bridgehead atoms. The summed E-state index contributed by atoms with van der Waals surface area (Å²) in [6.45, 7) is 7.33. The highest BCUT2D eigenvalue weighted by Crippen LogP contribution is 2.30. The van der Waals surface area contributed by atoms with Crippen molar-refractivity contribution in [3.63, 3.8) is 0 Å². The number of aromatic nitrogens is 6. The summed E-state index contributed by atoms with van der Waals surface area (Å²) in [6.07, 6.45) is 5.37. The highest BCUT2D eigenvalue weighted by atomic mass is 19.1. The summed E-state index contributed by atoms with van der Waals surface area (Å²) in [4.78, 5) is 38.3. The van der Waals surface area contributed by atoms with Gasteiger partial charge in [-0.2, -0.15) is 5.10 Å². The Balaban J connectivity index is 1.23. The molecule has 1 aliphatic rings. The summed E-state index contributed by atoms with van der Waals surface area (Å²) in [6, 6.07) is 14.8. The van der Waals surface area contributed by atoms with Crippen LogP contribution in [-0.2, 0) is 11.3 Å². The molecule has 0 unspecified atom stereocenters. The van der Waals surface area contributed by atoms with Crippen molar-refractivity contribution >= 4 is 17.1 Å². The number of hydrogen-bond acceptors (Lipinski definition) is 5. The smallest absolute Gasteiger partial charge is 0.328 e. The first-order valence-corrected chi connectivity index (χ1v) is 13.9. The van der Waals surface area contributed by atoms with Crippen molar-refractivity contribution in [2.75, 3.05) is 13.1 Å². The van der Waals surface area contributed by atoms with Crippen LogP contribution < -0.4 is 5.69 Å². The monoisotopic (exact) mass is 553 g/mol. The van der Waals surface area contributed by atoms with Gasteiger partial charge in [0.05, 0.1) is 24.1 Å². The van der Waals surface area contributed by atoms with Crippen molar-refractivity contribution in [2.24, 2.45) is 0 Å². The summed E-state index contributed by atoms with van der Waals surface area (Å²) in [7, 11) is 0. The van der Waals surface area contributed by atoms with Crippen molar-refractivity contribution < 1.29 is 9.18 Å². The Morgan fingerprint density at radius 1 is 1.10 bits per heavy atom. The molecule has 2 aromatic carbocycles. The van der Waals surface area contributed by atoms with Gasteiger partial charge in [0, 0.05) is 43.3 Å². The van der Waals surface area contributed by atoms with Crippen molar-refractivity contribution in [1.29, 1.82) is 0 Å². The van der Waals surface area contributed by atoms with Gasteiger partial charge in [-0.15, -0.1) is 0 Å². The first-order chi connectivity index (χ1) is 19.8. The minimum absolute atomic E-state index is 0.0527. The molecule has 0 saturated carbocycles. The zero-order valence-corrected chi connectivity index (χ0v) is 23.3. The fraction of sp³-hybridized carbons (Fsp3) is 0.323. The van der Waals surface area contributed by atoms with Crippen LogP contribution in [0.1, 0.15) is 62.3 Å². The van der Waals surface area contributed by atoms with E-state index in [1.165, 1.54) is 6.07 Å². The molecule has 0 atom stereocenters. The maximum atomic E-state index is 14.6. The summed E-state index contributed by atoms with van der Waals surface area (Å²) < 4.78 is 18.1. The number of likely N-dealkylation sites (tertiary alicyclic amines) is 1. The molecule has 9 nitrogen and oxygen atoms in total. The number of aromatic amines is 1. The molecule has 0 aliphatic carbocycles. The maximum Gasteiger partial charge on any atom is 0.328 e. The zero-order chi connectivity index (χ0) is 28.7. The molecule has 1 saturated heterocycles. The summed E-state index contributed by atoms with van der Waals surface area (Å²) >= 11 is 0. The molecule has 210 valence electrons. The van der Waals surface area contributed by atoms with Crippen LogP contribution in [0.2, 0.25) is 0 Å². The largest absolute Gasteiger partial charge is 0.343 e. The number of H-pyrrole nitrogens is 1. The molecular formula is C31H32FN7O2. The van der Waals surface area contributed by atoms with E-state index in [0.717, 1.165) is 42.9 Å². The lowest BCUT2D eigenvalue weighted by atomic mass is 9.94. The van der Waals surface area contributed by atoms with Crippen LogP contribution >= 0.6 is 0 Å². The van der Waals surface area contributed by atoms with Gasteiger partial charge in [0.25, 0.3) is 0 Å². The second-order valence-electron chi connectivity index (χ2n) is 10.9. The molecule has 0 spiro atoms. The predicted octanol–water partition coefficient (Wildman–Crippen LogP) is 5.01. The van der Waals surface area contributed by atoms with Crippen molar-refractivity contribution in [3.05, 3.63) is 94.0 Å². The Morgan fingerprint density at radius 2 is 1.85 bits per heavy atom. The van der Waals surface area contributed by atoms with Gasteiger partial charge >= 0.3 is 5.69 Å². The van der Waals surface area contributed by atoms with Crippen molar-refractivity contribution in [2.45, 2.75) is 52.0 Å². The predicted molar refractivity (Wildman–Crippen MR) is 155 cm³/mol. The van der Waals surface area contributed by atoms with E-state index in [9.17, 15) is 14.0 Å². The van der Waals surface area contributed by atoms with E-state index in [-0.39, 0.29) is 23.3 Å². The second-order valence-corrected chi connectivity index (χ2v) is 10.9. The first-order valence-electron chi connectivity index (χ1n) is 13.9. The normalized spacial score (nSPS) is 14.3. The Hall–Kier alpha value is -4.60. The first kappa shape index (κ1) is 26.6. The number of nitrogens with one attached hydrogen (secondary N) is 1. The van der Waals surface area contributed by atoms with Gasteiger partial charge in [-0.05, 0) is 48.6 Å². The molecule has 0 radical (unpaired) electrons. The van der Waals surface area contributed by atoms with Crippen LogP contribution in [0.25, 0.3) is 28.2 Å². The number of carbonyl (C=O) groups is 1. The molecule has 41 heavy (non-hydrogen) atoms. The number of rotatable bonds is 6. The third-order valence-electron chi connectivity index (χ3n) is 7.89. The van der Waals surface area contributed by atoms with Gasteiger partial charge in [0.15, 0.2) is 11.5 Å². The Morgan fingerprint density at radius 3 is 2.56 bits per heavy atom. The van der Waals surface area contributed by atoms with E-state index in [1.54, 1.807) is 23.8 Å². The number of fused-ring (bicyclic) bond motifs is 1. The van der Waals surface area contributed by atoms with Crippen molar-refractivity contribution in [1.82, 2.24) is 34.2 Å². The molecular weight excluding hydrogens is 521 g/mol. The van der Waals surface area contributed by atoms with Crippen LogP contribution in [0.5, 0.6) is 0 Å². The van der Waals surface area contributed by atoms with E-state index in [4.69, 9.17) is 10.1 Å². The third-order valence-corrected chi connectivity index (χ3v) is 7.89. The molecule has 10 heteroatoms. The van der Waals surface area contributed by atoms with E-state index >= 15 is 0 Å². The minimum atomic E-state index is -0.296. The molecule has 3 aromatic heterocycles.